The average Bonchev–Trinajstić information content (AvgIpc) is 2.21. The molecule has 0 heterocycles. The minimum atomic E-state index is 1.01. The van der Waals surface area contributed by atoms with E-state index in [4.69, 9.17) is 0 Å². The van der Waals surface area contributed by atoms with E-state index in [2.05, 4.69) is 26.7 Å². The van der Waals surface area contributed by atoms with Crippen molar-refractivity contribution in [2.24, 2.45) is 3.96 Å². The second-order valence-electron chi connectivity index (χ2n) is 4.03. The Labute approximate surface area is 97.7 Å². The fraction of sp³-hybridized carbons (Fsp3) is 1.00. The molecule has 0 bridgehead atoms. The predicted molar refractivity (Wildman–Crippen MR) is 64.9 cm³/mol. The van der Waals surface area contributed by atoms with E-state index in [1.807, 2.05) is 0 Å². The summed E-state index contributed by atoms with van der Waals surface area (Å²) in [6, 6.07) is 0. The van der Waals surface area contributed by atoms with Crippen molar-refractivity contribution in [2.75, 3.05) is 6.54 Å². The van der Waals surface area contributed by atoms with E-state index in [1.165, 1.54) is 64.2 Å². The minimum absolute atomic E-state index is 1.01. The third-order valence-electron chi connectivity index (χ3n) is 2.60. The van der Waals surface area contributed by atoms with Gasteiger partial charge in [0.25, 0.3) is 0 Å². The van der Waals surface area contributed by atoms with Crippen molar-refractivity contribution >= 4 is 15.8 Å². The molecule has 0 unspecified atom stereocenters. The molecule has 0 radical (unpaired) electrons. The molecule has 0 saturated heterocycles. The third kappa shape index (κ3) is 12.3. The zero-order valence-corrected chi connectivity index (χ0v) is 11.3. The molecule has 2 heteroatoms. The maximum atomic E-state index is 3.98. The van der Waals surface area contributed by atoms with Crippen LogP contribution in [0.3, 0.4) is 0 Å². The number of hydrogen-bond acceptors (Lipinski definition) is 1. The second-order valence-corrected chi connectivity index (χ2v) is 4.58. The van der Waals surface area contributed by atoms with Gasteiger partial charge in [0, 0.05) is 0 Å². The molecule has 0 rings (SSSR count). The first-order valence-electron chi connectivity index (χ1n) is 6.21. The summed E-state index contributed by atoms with van der Waals surface area (Å²) in [5.74, 6) is 0. The van der Waals surface area contributed by atoms with Crippen LogP contribution < -0.4 is 0 Å². The average molecular weight is 262 g/mol. The van der Waals surface area contributed by atoms with Gasteiger partial charge in [0.05, 0.1) is 0 Å². The van der Waals surface area contributed by atoms with E-state index >= 15 is 0 Å². The molecular formula is C12H25NSe. The van der Waals surface area contributed by atoms with Crippen LogP contribution in [0.2, 0.25) is 0 Å². The summed E-state index contributed by atoms with van der Waals surface area (Å²) in [5.41, 5.74) is 0. The van der Waals surface area contributed by atoms with Crippen LogP contribution in [0.5, 0.6) is 0 Å². The van der Waals surface area contributed by atoms with Gasteiger partial charge in [-0.05, 0) is 0 Å². The molecule has 0 fully saturated rings. The Bertz CT molecular complexity index is 115. The topological polar surface area (TPSA) is 12.4 Å². The monoisotopic (exact) mass is 263 g/mol. The van der Waals surface area contributed by atoms with E-state index in [0.29, 0.717) is 0 Å². The van der Waals surface area contributed by atoms with Crippen LogP contribution in [0, 0.1) is 0 Å². The fourth-order valence-electron chi connectivity index (χ4n) is 1.66. The third-order valence-corrected chi connectivity index (χ3v) is 2.99. The van der Waals surface area contributed by atoms with E-state index in [9.17, 15) is 0 Å². The number of hydrogen-bond donors (Lipinski definition) is 0. The molecule has 0 aromatic rings. The quantitative estimate of drug-likeness (QED) is 0.390. The first-order chi connectivity index (χ1) is 6.91. The van der Waals surface area contributed by atoms with E-state index in [-0.39, 0.29) is 0 Å². The standard InChI is InChI=1S/C12H25NSe/c1-2-3-4-5-6-7-8-9-10-11-12-13-14/h2-12H2,1H3. The molecule has 0 aliphatic carbocycles. The van der Waals surface area contributed by atoms with Crippen molar-refractivity contribution in [1.82, 2.24) is 0 Å². The van der Waals surface area contributed by atoms with Gasteiger partial charge in [-0.1, -0.05) is 6.92 Å². The Morgan fingerprint density at radius 1 is 0.714 bits per heavy atom. The number of unbranched alkanes of at least 4 members (excludes halogenated alkanes) is 9. The summed E-state index contributed by atoms with van der Waals surface area (Å²) < 4.78 is 3.98. The number of nitrogens with zero attached hydrogens (tertiary/aromatic N) is 1. The van der Waals surface area contributed by atoms with Crippen LogP contribution in [-0.4, -0.2) is 22.4 Å². The summed E-state index contributed by atoms with van der Waals surface area (Å²) >= 11 is 2.70. The van der Waals surface area contributed by atoms with Gasteiger partial charge >= 0.3 is 90.5 Å². The molecule has 84 valence electrons. The Morgan fingerprint density at radius 3 is 1.57 bits per heavy atom. The van der Waals surface area contributed by atoms with Gasteiger partial charge in [-0.2, -0.15) is 0 Å². The van der Waals surface area contributed by atoms with E-state index in [1.54, 1.807) is 0 Å². The molecule has 0 amide bonds. The molecule has 1 nitrogen and oxygen atoms in total. The fourth-order valence-corrected chi connectivity index (χ4v) is 1.93. The second kappa shape index (κ2) is 13.3. The molecule has 0 aliphatic rings. The maximum absolute atomic E-state index is 3.98. The molecule has 0 saturated carbocycles. The molecule has 0 aromatic carbocycles. The van der Waals surface area contributed by atoms with Gasteiger partial charge in [-0.15, -0.1) is 0 Å². The first-order valence-corrected chi connectivity index (χ1v) is 6.97. The predicted octanol–water partition coefficient (Wildman–Crippen LogP) is 4.26. The zero-order chi connectivity index (χ0) is 10.5. The van der Waals surface area contributed by atoms with Crippen molar-refractivity contribution in [3.63, 3.8) is 0 Å². The van der Waals surface area contributed by atoms with E-state index in [0.717, 1.165) is 6.54 Å². The van der Waals surface area contributed by atoms with Crippen LogP contribution >= 0.6 is 0 Å². The van der Waals surface area contributed by atoms with Crippen molar-refractivity contribution < 1.29 is 0 Å². The molecule has 0 spiro atoms. The van der Waals surface area contributed by atoms with Gasteiger partial charge in [0.15, 0.2) is 0 Å². The molecular weight excluding hydrogens is 237 g/mol. The Kier molecular flexibility index (Phi) is 13.6. The molecule has 0 aliphatic heterocycles. The summed E-state index contributed by atoms with van der Waals surface area (Å²) in [6.07, 6.45) is 14.0. The van der Waals surface area contributed by atoms with Gasteiger partial charge in [-0.3, -0.25) is 0 Å². The van der Waals surface area contributed by atoms with Gasteiger partial charge in [0.1, 0.15) is 0 Å². The van der Waals surface area contributed by atoms with Crippen LogP contribution in [-0.2, 0) is 0 Å². The molecule has 0 aromatic heterocycles. The normalized spacial score (nSPS) is 10.4. The summed E-state index contributed by atoms with van der Waals surface area (Å²) in [5, 5.41) is 0. The number of rotatable bonds is 11. The molecule has 0 N–H and O–H groups in total. The first kappa shape index (κ1) is 14.3. The zero-order valence-electron chi connectivity index (χ0n) is 9.63. The van der Waals surface area contributed by atoms with Crippen molar-refractivity contribution in [3.05, 3.63) is 0 Å². The van der Waals surface area contributed by atoms with Crippen LogP contribution in [0.15, 0.2) is 3.96 Å². The summed E-state index contributed by atoms with van der Waals surface area (Å²) in [7, 11) is 0. The van der Waals surface area contributed by atoms with Crippen molar-refractivity contribution in [3.8, 4) is 0 Å². The van der Waals surface area contributed by atoms with Crippen LogP contribution in [0.25, 0.3) is 0 Å². The van der Waals surface area contributed by atoms with Gasteiger partial charge in [-0.25, -0.2) is 0 Å². The van der Waals surface area contributed by atoms with Gasteiger partial charge in [0.2, 0.25) is 0 Å². The van der Waals surface area contributed by atoms with Crippen LogP contribution in [0.1, 0.15) is 71.1 Å². The molecule has 0 atom stereocenters. The van der Waals surface area contributed by atoms with Crippen molar-refractivity contribution in [2.45, 2.75) is 71.1 Å². The summed E-state index contributed by atoms with van der Waals surface area (Å²) in [6.45, 7) is 3.28. The van der Waals surface area contributed by atoms with Crippen LogP contribution in [0.4, 0.5) is 0 Å². The van der Waals surface area contributed by atoms with Crippen molar-refractivity contribution in [1.29, 1.82) is 0 Å². The summed E-state index contributed by atoms with van der Waals surface area (Å²) in [4.78, 5) is 0. The SMILES string of the molecule is CCCCCCCCCCCCN=[Se]. The van der Waals surface area contributed by atoms with E-state index < -0.39 is 0 Å². The Hall–Kier alpha value is 0.319. The Morgan fingerprint density at radius 2 is 1.14 bits per heavy atom. The van der Waals surface area contributed by atoms with Gasteiger partial charge < -0.3 is 0 Å². The molecule has 14 heavy (non-hydrogen) atoms. The Balaban J connectivity index is 2.81.